The third-order valence-electron chi connectivity index (χ3n) is 5.39. The van der Waals surface area contributed by atoms with Crippen LogP contribution >= 0.6 is 0 Å². The van der Waals surface area contributed by atoms with Gasteiger partial charge in [0.15, 0.2) is 0 Å². The number of nitrogens with zero attached hydrogens (tertiary/aromatic N) is 3. The van der Waals surface area contributed by atoms with E-state index in [1.54, 1.807) is 4.90 Å². The van der Waals surface area contributed by atoms with E-state index in [-0.39, 0.29) is 16.9 Å². The highest BCUT2D eigenvalue weighted by molar-refractivity contribution is 5.97. The van der Waals surface area contributed by atoms with Gasteiger partial charge in [-0.1, -0.05) is 63.2 Å². The maximum absolute atomic E-state index is 12.8. The van der Waals surface area contributed by atoms with Gasteiger partial charge in [0.1, 0.15) is 11.6 Å². The maximum Gasteiger partial charge on any atom is 0.266 e. The summed E-state index contributed by atoms with van der Waals surface area (Å²) in [4.78, 5) is 16.9. The lowest BCUT2D eigenvalue weighted by Gasteiger charge is -2.34. The van der Waals surface area contributed by atoms with Gasteiger partial charge in [-0.2, -0.15) is 5.26 Å². The van der Waals surface area contributed by atoms with Gasteiger partial charge in [-0.15, -0.1) is 0 Å². The zero-order chi connectivity index (χ0) is 21.6. The molecule has 0 saturated carbocycles. The molecule has 2 aromatic carbocycles. The fraction of sp³-hybridized carbons (Fsp3) is 0.360. The lowest BCUT2D eigenvalue weighted by molar-refractivity contribution is -0.128. The van der Waals surface area contributed by atoms with Gasteiger partial charge in [0, 0.05) is 44.6 Å². The molecule has 0 radical (unpaired) electrons. The molecule has 1 heterocycles. The second-order valence-electron chi connectivity index (χ2n) is 8.70. The highest BCUT2D eigenvalue weighted by Gasteiger charge is 2.23. The van der Waals surface area contributed by atoms with Crippen molar-refractivity contribution in [2.75, 3.05) is 31.5 Å². The van der Waals surface area contributed by atoms with E-state index in [0.29, 0.717) is 13.1 Å². The average Bonchev–Trinajstić information content (AvgIpc) is 2.75. The molecule has 1 fully saturated rings. The molecule has 0 spiro atoms. The fourth-order valence-electron chi connectivity index (χ4n) is 3.48. The normalized spacial score (nSPS) is 15.5. The van der Waals surface area contributed by atoms with Crippen molar-refractivity contribution in [2.45, 2.75) is 32.7 Å². The molecule has 0 unspecified atom stereocenters. The monoisotopic (exact) mass is 402 g/mol. The summed E-state index contributed by atoms with van der Waals surface area (Å²) < 4.78 is 0. The summed E-state index contributed by atoms with van der Waals surface area (Å²) in [5.41, 5.74) is 3.59. The second kappa shape index (κ2) is 9.60. The second-order valence-corrected chi connectivity index (χ2v) is 8.70. The van der Waals surface area contributed by atoms with E-state index in [1.807, 2.05) is 36.4 Å². The highest BCUT2D eigenvalue weighted by atomic mass is 16.2. The SMILES string of the molecule is CC(C)(C)c1ccc(N/C=C(/C#N)C(=O)N2CCN(Cc3ccccc3)CC2)cc1. The molecule has 1 saturated heterocycles. The number of carbonyl (C=O) groups is 1. The smallest absolute Gasteiger partial charge is 0.266 e. The van der Waals surface area contributed by atoms with Crippen LogP contribution < -0.4 is 5.32 Å². The van der Waals surface area contributed by atoms with E-state index >= 15 is 0 Å². The topological polar surface area (TPSA) is 59.4 Å². The minimum Gasteiger partial charge on any atom is -0.360 e. The van der Waals surface area contributed by atoms with Crippen LogP contribution in [-0.2, 0) is 16.8 Å². The predicted octanol–water partition coefficient (Wildman–Crippen LogP) is 4.15. The Kier molecular flexibility index (Phi) is 6.91. The Morgan fingerprint density at radius 3 is 2.23 bits per heavy atom. The molecule has 0 aliphatic carbocycles. The largest absolute Gasteiger partial charge is 0.360 e. The predicted molar refractivity (Wildman–Crippen MR) is 121 cm³/mol. The molecule has 0 bridgehead atoms. The van der Waals surface area contributed by atoms with Crippen molar-refractivity contribution in [3.05, 3.63) is 77.5 Å². The Labute approximate surface area is 179 Å². The zero-order valence-electron chi connectivity index (χ0n) is 18.1. The molecule has 1 N–H and O–H groups in total. The molecule has 1 aliphatic heterocycles. The van der Waals surface area contributed by atoms with Gasteiger partial charge in [-0.05, 0) is 28.7 Å². The van der Waals surface area contributed by atoms with Crippen LogP contribution in [0, 0.1) is 11.3 Å². The number of amides is 1. The van der Waals surface area contributed by atoms with Gasteiger partial charge in [0.05, 0.1) is 0 Å². The van der Waals surface area contributed by atoms with E-state index in [4.69, 9.17) is 0 Å². The van der Waals surface area contributed by atoms with Crippen LogP contribution in [-0.4, -0.2) is 41.9 Å². The Morgan fingerprint density at radius 2 is 1.67 bits per heavy atom. The van der Waals surface area contributed by atoms with E-state index in [9.17, 15) is 10.1 Å². The van der Waals surface area contributed by atoms with E-state index < -0.39 is 0 Å². The summed E-state index contributed by atoms with van der Waals surface area (Å²) in [6, 6.07) is 20.5. The maximum atomic E-state index is 12.8. The van der Waals surface area contributed by atoms with Crippen LogP contribution in [0.4, 0.5) is 5.69 Å². The minimum absolute atomic E-state index is 0.0881. The van der Waals surface area contributed by atoms with Crippen molar-refractivity contribution in [1.29, 1.82) is 5.26 Å². The van der Waals surface area contributed by atoms with Crippen molar-refractivity contribution in [3.63, 3.8) is 0 Å². The molecular formula is C25H30N4O. The quantitative estimate of drug-likeness (QED) is 0.603. The number of anilines is 1. The molecule has 1 aliphatic rings. The Bertz CT molecular complexity index is 912. The van der Waals surface area contributed by atoms with Crippen LogP contribution in [0.15, 0.2) is 66.4 Å². The van der Waals surface area contributed by atoms with Gasteiger partial charge in [-0.3, -0.25) is 9.69 Å². The number of piperazine rings is 1. The minimum atomic E-state index is -0.212. The third-order valence-corrected chi connectivity index (χ3v) is 5.39. The number of hydrogen-bond acceptors (Lipinski definition) is 4. The Morgan fingerprint density at radius 1 is 1.03 bits per heavy atom. The van der Waals surface area contributed by atoms with Crippen LogP contribution in [0.1, 0.15) is 31.9 Å². The first-order valence-corrected chi connectivity index (χ1v) is 10.4. The molecule has 0 aromatic heterocycles. The van der Waals surface area contributed by atoms with Crippen LogP contribution in [0.3, 0.4) is 0 Å². The summed E-state index contributed by atoms with van der Waals surface area (Å²) in [6.07, 6.45) is 1.52. The Balaban J connectivity index is 1.55. The number of nitrogens with one attached hydrogen (secondary N) is 1. The van der Waals surface area contributed by atoms with Crippen LogP contribution in [0.25, 0.3) is 0 Å². The van der Waals surface area contributed by atoms with Crippen molar-refractivity contribution in [1.82, 2.24) is 9.80 Å². The molecular weight excluding hydrogens is 372 g/mol. The molecule has 2 aromatic rings. The first-order chi connectivity index (χ1) is 14.4. The molecule has 5 nitrogen and oxygen atoms in total. The standard InChI is InChI=1S/C25H30N4O/c1-25(2,3)22-9-11-23(12-10-22)27-18-21(17-26)24(30)29-15-13-28(14-16-29)19-20-7-5-4-6-8-20/h4-12,18,27H,13-16,19H2,1-3H3/b21-18-. The number of benzene rings is 2. The molecule has 0 atom stereocenters. The van der Waals surface area contributed by atoms with Crippen molar-refractivity contribution in [2.24, 2.45) is 0 Å². The van der Waals surface area contributed by atoms with Crippen LogP contribution in [0.5, 0.6) is 0 Å². The molecule has 5 heteroatoms. The fourth-order valence-corrected chi connectivity index (χ4v) is 3.48. The first-order valence-electron chi connectivity index (χ1n) is 10.4. The van der Waals surface area contributed by atoms with E-state index in [2.05, 4.69) is 55.3 Å². The van der Waals surface area contributed by atoms with Crippen molar-refractivity contribution >= 4 is 11.6 Å². The summed E-state index contributed by atoms with van der Waals surface area (Å²) in [6.45, 7) is 10.3. The van der Waals surface area contributed by atoms with Gasteiger partial charge >= 0.3 is 0 Å². The molecule has 3 rings (SSSR count). The van der Waals surface area contributed by atoms with Crippen molar-refractivity contribution in [3.8, 4) is 6.07 Å². The lowest BCUT2D eigenvalue weighted by Crippen LogP contribution is -2.48. The highest BCUT2D eigenvalue weighted by Crippen LogP contribution is 2.23. The van der Waals surface area contributed by atoms with Gasteiger partial charge in [0.25, 0.3) is 5.91 Å². The summed E-state index contributed by atoms with van der Waals surface area (Å²) in [5.74, 6) is -0.212. The number of nitriles is 1. The zero-order valence-corrected chi connectivity index (χ0v) is 18.1. The van der Waals surface area contributed by atoms with Crippen molar-refractivity contribution < 1.29 is 4.79 Å². The average molecular weight is 403 g/mol. The summed E-state index contributed by atoms with van der Waals surface area (Å²) >= 11 is 0. The van der Waals surface area contributed by atoms with Gasteiger partial charge < -0.3 is 10.2 Å². The number of rotatable bonds is 5. The van der Waals surface area contributed by atoms with E-state index in [1.165, 1.54) is 17.3 Å². The van der Waals surface area contributed by atoms with Crippen LogP contribution in [0.2, 0.25) is 0 Å². The van der Waals surface area contributed by atoms with Gasteiger partial charge in [-0.25, -0.2) is 0 Å². The number of carbonyl (C=O) groups excluding carboxylic acids is 1. The first kappa shape index (κ1) is 21.6. The molecule has 30 heavy (non-hydrogen) atoms. The lowest BCUT2D eigenvalue weighted by atomic mass is 9.87. The summed E-state index contributed by atoms with van der Waals surface area (Å²) in [7, 11) is 0. The molecule has 1 amide bonds. The molecule has 156 valence electrons. The summed E-state index contributed by atoms with van der Waals surface area (Å²) in [5, 5.41) is 12.6. The number of hydrogen-bond donors (Lipinski definition) is 1. The van der Waals surface area contributed by atoms with E-state index in [0.717, 1.165) is 25.3 Å². The third kappa shape index (κ3) is 5.71. The Hall–Kier alpha value is -3.10. The van der Waals surface area contributed by atoms with Gasteiger partial charge in [0.2, 0.25) is 0 Å².